The minimum absolute atomic E-state index is 0.681. The second kappa shape index (κ2) is 4.69. The Morgan fingerprint density at radius 1 is 1.33 bits per heavy atom. The second-order valence-corrected chi connectivity index (χ2v) is 4.61. The van der Waals surface area contributed by atoms with Gasteiger partial charge in [0.25, 0.3) is 0 Å². The highest BCUT2D eigenvalue weighted by Gasteiger charge is 2.09. The van der Waals surface area contributed by atoms with Crippen LogP contribution in [0, 0.1) is 0 Å². The molecule has 0 aliphatic carbocycles. The van der Waals surface area contributed by atoms with Crippen LogP contribution in [0.2, 0.25) is 0 Å². The van der Waals surface area contributed by atoms with Gasteiger partial charge in [0.15, 0.2) is 0 Å². The van der Waals surface area contributed by atoms with Gasteiger partial charge in [-0.25, -0.2) is 0 Å². The molecule has 0 amide bonds. The smallest absolute Gasteiger partial charge is 0.0375 e. The van der Waals surface area contributed by atoms with Gasteiger partial charge in [0.1, 0.15) is 0 Å². The van der Waals surface area contributed by atoms with Crippen molar-refractivity contribution in [2.75, 3.05) is 11.9 Å². The third kappa shape index (κ3) is 2.34. The highest BCUT2D eigenvalue weighted by molar-refractivity contribution is 5.54. The van der Waals surface area contributed by atoms with E-state index in [0.29, 0.717) is 5.92 Å². The van der Waals surface area contributed by atoms with Crippen molar-refractivity contribution in [2.24, 2.45) is 0 Å². The zero-order valence-electron chi connectivity index (χ0n) is 9.84. The lowest BCUT2D eigenvalue weighted by molar-refractivity contribution is 0.733. The van der Waals surface area contributed by atoms with Gasteiger partial charge in [0.2, 0.25) is 0 Å². The van der Waals surface area contributed by atoms with E-state index in [0.717, 1.165) is 6.54 Å². The van der Waals surface area contributed by atoms with Crippen molar-refractivity contribution >= 4 is 5.69 Å². The minimum atomic E-state index is 0.681. The van der Waals surface area contributed by atoms with Crippen molar-refractivity contribution in [2.45, 2.75) is 45.4 Å². The molecule has 0 saturated carbocycles. The van der Waals surface area contributed by atoms with E-state index in [4.69, 9.17) is 0 Å². The lowest BCUT2D eigenvalue weighted by Gasteiger charge is -2.13. The number of anilines is 1. The summed E-state index contributed by atoms with van der Waals surface area (Å²) in [6.45, 7) is 5.69. The molecular weight excluding hydrogens is 182 g/mol. The summed E-state index contributed by atoms with van der Waals surface area (Å²) >= 11 is 0. The Morgan fingerprint density at radius 3 is 3.00 bits per heavy atom. The molecule has 1 aliphatic heterocycles. The van der Waals surface area contributed by atoms with Crippen molar-refractivity contribution < 1.29 is 0 Å². The summed E-state index contributed by atoms with van der Waals surface area (Å²) in [7, 11) is 0. The molecule has 15 heavy (non-hydrogen) atoms. The Morgan fingerprint density at radius 2 is 2.20 bits per heavy atom. The Balaban J connectivity index is 2.27. The van der Waals surface area contributed by atoms with Gasteiger partial charge in [-0.1, -0.05) is 26.0 Å². The molecule has 0 fully saturated rings. The maximum atomic E-state index is 3.54. The standard InChI is InChI=1S/C14H21N/c1-3-11(2)13-8-7-12-6-4-5-9-15-14(12)10-13/h7-8,10-11,15H,3-6,9H2,1-2H3. The molecule has 0 aromatic heterocycles. The predicted octanol–water partition coefficient (Wildman–Crippen LogP) is 3.95. The van der Waals surface area contributed by atoms with Gasteiger partial charge in [0, 0.05) is 12.2 Å². The van der Waals surface area contributed by atoms with Crippen LogP contribution in [0.25, 0.3) is 0 Å². The van der Waals surface area contributed by atoms with E-state index in [1.54, 1.807) is 0 Å². The molecule has 1 heteroatoms. The fourth-order valence-corrected chi connectivity index (χ4v) is 2.18. The first kappa shape index (κ1) is 10.5. The van der Waals surface area contributed by atoms with Crippen molar-refractivity contribution in [3.05, 3.63) is 29.3 Å². The predicted molar refractivity (Wildman–Crippen MR) is 66.6 cm³/mol. The van der Waals surface area contributed by atoms with Crippen molar-refractivity contribution in [1.82, 2.24) is 0 Å². The highest BCUT2D eigenvalue weighted by atomic mass is 14.9. The number of benzene rings is 1. The Kier molecular flexibility index (Phi) is 3.30. The fourth-order valence-electron chi connectivity index (χ4n) is 2.18. The number of fused-ring (bicyclic) bond motifs is 1. The summed E-state index contributed by atoms with van der Waals surface area (Å²) in [5.41, 5.74) is 4.36. The van der Waals surface area contributed by atoms with E-state index in [-0.39, 0.29) is 0 Å². The maximum absolute atomic E-state index is 3.54. The molecule has 0 saturated heterocycles. The van der Waals surface area contributed by atoms with Gasteiger partial charge in [-0.05, 0) is 48.8 Å². The number of hydrogen-bond acceptors (Lipinski definition) is 1. The quantitative estimate of drug-likeness (QED) is 0.767. The number of hydrogen-bond donors (Lipinski definition) is 1. The van der Waals surface area contributed by atoms with Crippen LogP contribution in [0.1, 0.15) is 50.2 Å². The molecule has 1 N–H and O–H groups in total. The van der Waals surface area contributed by atoms with E-state index in [1.807, 2.05) is 0 Å². The molecule has 1 aromatic rings. The number of rotatable bonds is 2. The van der Waals surface area contributed by atoms with Gasteiger partial charge in [0.05, 0.1) is 0 Å². The third-order valence-electron chi connectivity index (χ3n) is 3.50. The van der Waals surface area contributed by atoms with E-state index < -0.39 is 0 Å². The molecular formula is C14H21N. The van der Waals surface area contributed by atoms with Crippen LogP contribution >= 0.6 is 0 Å². The van der Waals surface area contributed by atoms with E-state index in [9.17, 15) is 0 Å². The molecule has 1 heterocycles. The number of nitrogens with one attached hydrogen (secondary N) is 1. The highest BCUT2D eigenvalue weighted by Crippen LogP contribution is 2.27. The first-order valence-electron chi connectivity index (χ1n) is 6.18. The SMILES string of the molecule is CCC(C)c1ccc2c(c1)NCCCC2. The summed E-state index contributed by atoms with van der Waals surface area (Å²) < 4.78 is 0. The van der Waals surface area contributed by atoms with Crippen LogP contribution in [0.4, 0.5) is 5.69 Å². The van der Waals surface area contributed by atoms with Crippen LogP contribution in [0.5, 0.6) is 0 Å². The third-order valence-corrected chi connectivity index (χ3v) is 3.50. The minimum Gasteiger partial charge on any atom is -0.385 e. The van der Waals surface area contributed by atoms with Crippen molar-refractivity contribution in [3.63, 3.8) is 0 Å². The molecule has 0 radical (unpaired) electrons. The van der Waals surface area contributed by atoms with Gasteiger partial charge in [-0.2, -0.15) is 0 Å². The Bertz CT molecular complexity index is 330. The van der Waals surface area contributed by atoms with Crippen LogP contribution in [-0.4, -0.2) is 6.54 Å². The molecule has 1 aromatic carbocycles. The van der Waals surface area contributed by atoms with Gasteiger partial charge < -0.3 is 5.32 Å². The van der Waals surface area contributed by atoms with E-state index >= 15 is 0 Å². The number of aryl methyl sites for hydroxylation is 1. The van der Waals surface area contributed by atoms with Crippen LogP contribution in [0.3, 0.4) is 0 Å². The summed E-state index contributed by atoms with van der Waals surface area (Å²) in [6.07, 6.45) is 5.08. The van der Waals surface area contributed by atoms with Crippen molar-refractivity contribution in [1.29, 1.82) is 0 Å². The molecule has 1 atom stereocenters. The Hall–Kier alpha value is -0.980. The van der Waals surface area contributed by atoms with Crippen LogP contribution in [-0.2, 0) is 6.42 Å². The second-order valence-electron chi connectivity index (χ2n) is 4.61. The van der Waals surface area contributed by atoms with Gasteiger partial charge in [-0.15, -0.1) is 0 Å². The average Bonchev–Trinajstić information content (AvgIpc) is 2.51. The zero-order valence-corrected chi connectivity index (χ0v) is 9.84. The first-order chi connectivity index (χ1) is 7.31. The average molecular weight is 203 g/mol. The summed E-state index contributed by atoms with van der Waals surface area (Å²) in [5, 5.41) is 3.54. The van der Waals surface area contributed by atoms with E-state index in [2.05, 4.69) is 37.4 Å². The normalized spacial score (nSPS) is 17.5. The summed E-state index contributed by atoms with van der Waals surface area (Å²) in [6, 6.07) is 6.98. The van der Waals surface area contributed by atoms with Gasteiger partial charge >= 0.3 is 0 Å². The zero-order chi connectivity index (χ0) is 10.7. The molecule has 1 nitrogen and oxygen atoms in total. The lowest BCUT2D eigenvalue weighted by atomic mass is 9.95. The van der Waals surface area contributed by atoms with Gasteiger partial charge in [-0.3, -0.25) is 0 Å². The first-order valence-corrected chi connectivity index (χ1v) is 6.18. The Labute approximate surface area is 92.9 Å². The molecule has 2 rings (SSSR count). The molecule has 1 aliphatic rings. The monoisotopic (exact) mass is 203 g/mol. The van der Waals surface area contributed by atoms with Crippen LogP contribution in [0.15, 0.2) is 18.2 Å². The summed E-state index contributed by atoms with van der Waals surface area (Å²) in [5.74, 6) is 0.681. The molecule has 0 spiro atoms. The lowest BCUT2D eigenvalue weighted by Crippen LogP contribution is -2.01. The molecule has 0 bridgehead atoms. The largest absolute Gasteiger partial charge is 0.385 e. The van der Waals surface area contributed by atoms with Crippen LogP contribution < -0.4 is 5.32 Å². The molecule has 82 valence electrons. The van der Waals surface area contributed by atoms with Crippen molar-refractivity contribution in [3.8, 4) is 0 Å². The maximum Gasteiger partial charge on any atom is 0.0375 e. The molecule has 1 unspecified atom stereocenters. The topological polar surface area (TPSA) is 12.0 Å². The summed E-state index contributed by atoms with van der Waals surface area (Å²) in [4.78, 5) is 0. The fraction of sp³-hybridized carbons (Fsp3) is 0.571. The van der Waals surface area contributed by atoms with E-state index in [1.165, 1.54) is 42.5 Å².